The fourth-order valence-corrected chi connectivity index (χ4v) is 2.08. The van der Waals surface area contributed by atoms with E-state index in [-0.39, 0.29) is 10.6 Å². The molecule has 0 aliphatic carbocycles. The van der Waals surface area contributed by atoms with Crippen molar-refractivity contribution in [3.63, 3.8) is 0 Å². The Balaban J connectivity index is 2.65. The summed E-state index contributed by atoms with van der Waals surface area (Å²) in [5, 5.41) is 13.1. The molecule has 0 aliphatic heterocycles. The third-order valence-corrected chi connectivity index (χ3v) is 2.89. The topological polar surface area (TPSA) is 82.0 Å². The standard InChI is InChI=1S/C10H9N3O2S/c1-6-3-2-4-7(9(6)13(14)15)8-5-16-10(11)12-8/h2-5H,1H3,(H2,11,12). The molecule has 0 bridgehead atoms. The minimum Gasteiger partial charge on any atom is -0.375 e. The van der Waals surface area contributed by atoms with Crippen molar-refractivity contribution in [3.05, 3.63) is 39.3 Å². The number of anilines is 1. The molecule has 16 heavy (non-hydrogen) atoms. The van der Waals surface area contributed by atoms with Gasteiger partial charge in [0, 0.05) is 10.9 Å². The number of nitrogens with zero attached hydrogens (tertiary/aromatic N) is 2. The average molecular weight is 235 g/mol. The van der Waals surface area contributed by atoms with Crippen LogP contribution >= 0.6 is 11.3 Å². The Kier molecular flexibility index (Phi) is 2.57. The highest BCUT2D eigenvalue weighted by molar-refractivity contribution is 7.13. The Hall–Kier alpha value is -1.95. The first-order valence-corrected chi connectivity index (χ1v) is 5.43. The number of para-hydroxylation sites is 1. The molecular formula is C10H9N3O2S. The summed E-state index contributed by atoms with van der Waals surface area (Å²) in [6.45, 7) is 1.71. The number of aryl methyl sites for hydroxylation is 1. The summed E-state index contributed by atoms with van der Waals surface area (Å²) in [4.78, 5) is 14.6. The quantitative estimate of drug-likeness (QED) is 0.640. The average Bonchev–Trinajstić information content (AvgIpc) is 2.63. The lowest BCUT2D eigenvalue weighted by Gasteiger charge is -2.01. The summed E-state index contributed by atoms with van der Waals surface area (Å²) in [6.07, 6.45) is 0. The monoisotopic (exact) mass is 235 g/mol. The van der Waals surface area contributed by atoms with Gasteiger partial charge in [-0.25, -0.2) is 4.98 Å². The zero-order valence-electron chi connectivity index (χ0n) is 8.51. The van der Waals surface area contributed by atoms with Crippen LogP contribution < -0.4 is 5.73 Å². The van der Waals surface area contributed by atoms with Gasteiger partial charge in [-0.2, -0.15) is 0 Å². The molecule has 0 fully saturated rings. The van der Waals surface area contributed by atoms with Gasteiger partial charge in [0.05, 0.1) is 16.2 Å². The summed E-state index contributed by atoms with van der Waals surface area (Å²) >= 11 is 1.27. The first-order valence-electron chi connectivity index (χ1n) is 4.55. The van der Waals surface area contributed by atoms with Gasteiger partial charge in [0.1, 0.15) is 0 Å². The van der Waals surface area contributed by atoms with Crippen LogP contribution in [0.5, 0.6) is 0 Å². The molecule has 0 aliphatic rings. The number of aromatic nitrogens is 1. The number of nitrogen functional groups attached to an aromatic ring is 1. The molecule has 0 amide bonds. The highest BCUT2D eigenvalue weighted by atomic mass is 32.1. The van der Waals surface area contributed by atoms with E-state index in [2.05, 4.69) is 4.98 Å². The van der Waals surface area contributed by atoms with Crippen molar-refractivity contribution in [3.8, 4) is 11.3 Å². The summed E-state index contributed by atoms with van der Waals surface area (Å²) in [5.41, 5.74) is 7.29. The molecule has 2 aromatic rings. The van der Waals surface area contributed by atoms with Crippen molar-refractivity contribution in [2.24, 2.45) is 0 Å². The Bertz CT molecular complexity index is 551. The van der Waals surface area contributed by atoms with E-state index < -0.39 is 0 Å². The van der Waals surface area contributed by atoms with Crippen molar-refractivity contribution >= 4 is 22.2 Å². The number of hydrogen-bond acceptors (Lipinski definition) is 5. The SMILES string of the molecule is Cc1cccc(-c2csc(N)n2)c1[N+](=O)[O-]. The predicted molar refractivity (Wildman–Crippen MR) is 63.4 cm³/mol. The number of nitro benzene ring substituents is 1. The highest BCUT2D eigenvalue weighted by Crippen LogP contribution is 2.33. The number of thiazole rings is 1. The first-order chi connectivity index (χ1) is 7.59. The molecule has 0 unspecified atom stereocenters. The molecule has 0 radical (unpaired) electrons. The second kappa shape index (κ2) is 3.90. The van der Waals surface area contributed by atoms with E-state index in [0.717, 1.165) is 0 Å². The van der Waals surface area contributed by atoms with Gasteiger partial charge in [-0.15, -0.1) is 11.3 Å². The van der Waals surface area contributed by atoms with Crippen molar-refractivity contribution < 1.29 is 4.92 Å². The molecule has 0 saturated carbocycles. The summed E-state index contributed by atoms with van der Waals surface area (Å²) in [6, 6.07) is 5.16. The highest BCUT2D eigenvalue weighted by Gasteiger charge is 2.19. The summed E-state index contributed by atoms with van der Waals surface area (Å²) in [7, 11) is 0. The van der Waals surface area contributed by atoms with Gasteiger partial charge in [0.25, 0.3) is 5.69 Å². The van der Waals surface area contributed by atoms with Crippen LogP contribution in [0.25, 0.3) is 11.3 Å². The largest absolute Gasteiger partial charge is 0.375 e. The van der Waals surface area contributed by atoms with E-state index in [1.165, 1.54) is 11.3 Å². The molecule has 2 N–H and O–H groups in total. The smallest absolute Gasteiger partial charge is 0.281 e. The normalized spacial score (nSPS) is 10.3. The van der Waals surface area contributed by atoms with E-state index in [4.69, 9.17) is 5.73 Å². The molecule has 2 rings (SSSR count). The third-order valence-electron chi connectivity index (χ3n) is 2.22. The maximum absolute atomic E-state index is 11.0. The molecule has 0 atom stereocenters. The van der Waals surface area contributed by atoms with Gasteiger partial charge in [-0.1, -0.05) is 12.1 Å². The number of rotatable bonds is 2. The van der Waals surface area contributed by atoms with Crippen molar-refractivity contribution in [2.75, 3.05) is 5.73 Å². The molecular weight excluding hydrogens is 226 g/mol. The lowest BCUT2D eigenvalue weighted by molar-refractivity contribution is -0.384. The zero-order chi connectivity index (χ0) is 11.7. The van der Waals surface area contributed by atoms with Gasteiger partial charge in [0.2, 0.25) is 0 Å². The first kappa shape index (κ1) is 10.6. The van der Waals surface area contributed by atoms with E-state index in [1.54, 1.807) is 30.5 Å². The Morgan fingerprint density at radius 2 is 2.25 bits per heavy atom. The Labute approximate surface area is 95.7 Å². The van der Waals surface area contributed by atoms with Crippen LogP contribution in [-0.2, 0) is 0 Å². The number of hydrogen-bond donors (Lipinski definition) is 1. The van der Waals surface area contributed by atoms with Crippen LogP contribution in [0.3, 0.4) is 0 Å². The minimum absolute atomic E-state index is 0.0906. The van der Waals surface area contributed by atoms with Crippen LogP contribution in [0.15, 0.2) is 23.6 Å². The molecule has 5 nitrogen and oxygen atoms in total. The molecule has 1 aromatic heterocycles. The number of nitrogens with two attached hydrogens (primary N) is 1. The molecule has 1 aromatic carbocycles. The molecule has 6 heteroatoms. The molecule has 0 spiro atoms. The van der Waals surface area contributed by atoms with Crippen LogP contribution in [0.4, 0.5) is 10.8 Å². The minimum atomic E-state index is -0.389. The van der Waals surface area contributed by atoms with Gasteiger partial charge in [-0.05, 0) is 13.0 Å². The summed E-state index contributed by atoms with van der Waals surface area (Å²) < 4.78 is 0. The lowest BCUT2D eigenvalue weighted by atomic mass is 10.1. The van der Waals surface area contributed by atoms with Gasteiger partial charge in [0.15, 0.2) is 5.13 Å². The number of benzene rings is 1. The fraction of sp³-hybridized carbons (Fsp3) is 0.100. The second-order valence-corrected chi connectivity index (χ2v) is 4.19. The van der Waals surface area contributed by atoms with Crippen molar-refractivity contribution in [2.45, 2.75) is 6.92 Å². The van der Waals surface area contributed by atoms with Gasteiger partial charge >= 0.3 is 0 Å². The molecule has 82 valence electrons. The number of nitro groups is 1. The predicted octanol–water partition coefficient (Wildman–Crippen LogP) is 2.61. The van der Waals surface area contributed by atoms with E-state index in [1.807, 2.05) is 0 Å². The lowest BCUT2D eigenvalue weighted by Crippen LogP contribution is -1.95. The fourth-order valence-electron chi connectivity index (χ4n) is 1.52. The van der Waals surface area contributed by atoms with Crippen molar-refractivity contribution in [1.82, 2.24) is 4.98 Å². The van der Waals surface area contributed by atoms with Crippen LogP contribution in [0.2, 0.25) is 0 Å². The van der Waals surface area contributed by atoms with Crippen LogP contribution in [0, 0.1) is 17.0 Å². The van der Waals surface area contributed by atoms with Crippen molar-refractivity contribution in [1.29, 1.82) is 0 Å². The van der Waals surface area contributed by atoms with E-state index >= 15 is 0 Å². The van der Waals surface area contributed by atoms with Gasteiger partial charge in [-0.3, -0.25) is 10.1 Å². The van der Waals surface area contributed by atoms with E-state index in [0.29, 0.717) is 22.0 Å². The molecule has 1 heterocycles. The third kappa shape index (κ3) is 1.74. The zero-order valence-corrected chi connectivity index (χ0v) is 9.32. The molecule has 0 saturated heterocycles. The van der Waals surface area contributed by atoms with E-state index in [9.17, 15) is 10.1 Å². The maximum Gasteiger partial charge on any atom is 0.281 e. The maximum atomic E-state index is 11.0. The summed E-state index contributed by atoms with van der Waals surface area (Å²) in [5.74, 6) is 0. The van der Waals surface area contributed by atoms with Crippen LogP contribution in [0.1, 0.15) is 5.56 Å². The Morgan fingerprint density at radius 1 is 1.50 bits per heavy atom. The van der Waals surface area contributed by atoms with Crippen LogP contribution in [-0.4, -0.2) is 9.91 Å². The Morgan fingerprint density at radius 3 is 2.81 bits per heavy atom. The second-order valence-electron chi connectivity index (χ2n) is 3.30. The van der Waals surface area contributed by atoms with Gasteiger partial charge < -0.3 is 5.73 Å².